The van der Waals surface area contributed by atoms with Crippen LogP contribution in [-0.2, 0) is 9.09 Å². The first-order chi connectivity index (χ1) is 11.9. The first-order valence-corrected chi connectivity index (χ1v) is 10.0. The molecule has 6 heteroatoms. The molecule has 0 aromatic heterocycles. The lowest BCUT2D eigenvalue weighted by Gasteiger charge is -2.25. The predicted molar refractivity (Wildman–Crippen MR) is 100 cm³/mol. The second-order valence-corrected chi connectivity index (χ2v) is 8.55. The molecule has 0 aliphatic carbocycles. The average molecular weight is 365 g/mol. The molecule has 0 saturated heterocycles. The number of rotatable bonds is 8. The maximum atomic E-state index is 14.1. The molecule has 136 valence electrons. The number of hydrogen-bond acceptors (Lipinski definition) is 4. The van der Waals surface area contributed by atoms with Crippen LogP contribution in [-0.4, -0.2) is 25.8 Å². The van der Waals surface area contributed by atoms with Crippen LogP contribution in [0.4, 0.5) is 10.1 Å². The van der Waals surface area contributed by atoms with Crippen LogP contribution in [0.2, 0.25) is 0 Å². The molecule has 0 aliphatic heterocycles. The van der Waals surface area contributed by atoms with Crippen molar-refractivity contribution in [3.63, 3.8) is 0 Å². The molecule has 0 heterocycles. The van der Waals surface area contributed by atoms with Crippen LogP contribution >= 0.6 is 7.37 Å². The summed E-state index contributed by atoms with van der Waals surface area (Å²) < 4.78 is 33.3. The van der Waals surface area contributed by atoms with Gasteiger partial charge in [-0.1, -0.05) is 31.5 Å². The normalized spacial score (nSPS) is 14.8. The minimum absolute atomic E-state index is 0.0148. The van der Waals surface area contributed by atoms with Crippen molar-refractivity contribution in [3.05, 3.63) is 59.9 Å². The fourth-order valence-corrected chi connectivity index (χ4v) is 4.57. The molecule has 25 heavy (non-hydrogen) atoms. The highest BCUT2D eigenvalue weighted by molar-refractivity contribution is 7.67. The van der Waals surface area contributed by atoms with Crippen LogP contribution < -0.4 is 10.2 Å². The molecule has 0 unspecified atom stereocenters. The maximum absolute atomic E-state index is 14.1. The standard InChI is InChI=1S/C19H25FNO3P/c1-4-5-14-24-25(23,16-12-10-15(11-13-16)21(2)3)19(22)17-8-6-7-9-18(17)20/h6-13,19,22H,4-5,14H2,1-3H3/t19-,25-/m0/s1. The van der Waals surface area contributed by atoms with Crippen LogP contribution in [0.15, 0.2) is 48.5 Å². The molecule has 2 aromatic carbocycles. The lowest BCUT2D eigenvalue weighted by Crippen LogP contribution is -2.17. The summed E-state index contributed by atoms with van der Waals surface area (Å²) in [5.74, 6) is -2.14. The van der Waals surface area contributed by atoms with Gasteiger partial charge >= 0.3 is 0 Å². The molecule has 1 N–H and O–H groups in total. The van der Waals surface area contributed by atoms with Crippen molar-refractivity contribution >= 4 is 18.4 Å². The van der Waals surface area contributed by atoms with Gasteiger partial charge in [0.05, 0.1) is 6.61 Å². The monoisotopic (exact) mass is 365 g/mol. The molecule has 0 spiro atoms. The van der Waals surface area contributed by atoms with Crippen molar-refractivity contribution in [3.8, 4) is 0 Å². The number of aliphatic hydroxyl groups excluding tert-OH is 1. The van der Waals surface area contributed by atoms with Crippen LogP contribution in [0.25, 0.3) is 0 Å². The summed E-state index contributed by atoms with van der Waals surface area (Å²) in [4.78, 5) is 1.92. The Morgan fingerprint density at radius 2 is 1.80 bits per heavy atom. The van der Waals surface area contributed by atoms with E-state index in [-0.39, 0.29) is 12.2 Å². The lowest BCUT2D eigenvalue weighted by atomic mass is 10.2. The molecule has 2 aromatic rings. The minimum Gasteiger partial charge on any atom is -0.378 e. The Morgan fingerprint density at radius 1 is 1.16 bits per heavy atom. The van der Waals surface area contributed by atoms with Gasteiger partial charge in [0.1, 0.15) is 5.82 Å². The van der Waals surface area contributed by atoms with Crippen molar-refractivity contribution in [2.24, 2.45) is 0 Å². The topological polar surface area (TPSA) is 49.8 Å². The van der Waals surface area contributed by atoms with E-state index >= 15 is 0 Å². The van der Waals surface area contributed by atoms with Crippen molar-refractivity contribution in [2.45, 2.75) is 25.6 Å². The second-order valence-electron chi connectivity index (χ2n) is 6.09. The van der Waals surface area contributed by atoms with Crippen molar-refractivity contribution < 1.29 is 18.6 Å². The predicted octanol–water partition coefficient (Wildman–Crippen LogP) is 4.30. The number of benzene rings is 2. The minimum atomic E-state index is -3.69. The van der Waals surface area contributed by atoms with Gasteiger partial charge in [-0.15, -0.1) is 0 Å². The van der Waals surface area contributed by atoms with Gasteiger partial charge in [0.25, 0.3) is 7.37 Å². The molecular weight excluding hydrogens is 340 g/mol. The van der Waals surface area contributed by atoms with Gasteiger partial charge in [0.15, 0.2) is 5.85 Å². The Balaban J connectivity index is 2.42. The number of hydrogen-bond donors (Lipinski definition) is 1. The van der Waals surface area contributed by atoms with Gasteiger partial charge in [-0.05, 0) is 36.8 Å². The van der Waals surface area contributed by atoms with Gasteiger partial charge < -0.3 is 14.5 Å². The number of anilines is 1. The highest BCUT2D eigenvalue weighted by Crippen LogP contribution is 2.58. The average Bonchev–Trinajstić information content (AvgIpc) is 2.61. The van der Waals surface area contributed by atoms with E-state index < -0.39 is 19.0 Å². The van der Waals surface area contributed by atoms with E-state index in [0.717, 1.165) is 12.1 Å². The van der Waals surface area contributed by atoms with E-state index in [1.165, 1.54) is 18.2 Å². The zero-order valence-electron chi connectivity index (χ0n) is 14.9. The summed E-state index contributed by atoms with van der Waals surface area (Å²) in [6.07, 6.45) is 1.58. The summed E-state index contributed by atoms with van der Waals surface area (Å²) in [7, 11) is 0.112. The van der Waals surface area contributed by atoms with Gasteiger partial charge in [0, 0.05) is 30.7 Å². The lowest BCUT2D eigenvalue weighted by molar-refractivity contribution is 0.209. The molecule has 0 fully saturated rings. The zero-order chi connectivity index (χ0) is 18.4. The van der Waals surface area contributed by atoms with E-state index in [0.29, 0.717) is 11.7 Å². The van der Waals surface area contributed by atoms with E-state index in [1.54, 1.807) is 30.3 Å². The van der Waals surface area contributed by atoms with Crippen molar-refractivity contribution in [1.29, 1.82) is 0 Å². The van der Waals surface area contributed by atoms with Crippen molar-refractivity contribution in [1.82, 2.24) is 0 Å². The molecule has 0 aliphatic rings. The Kier molecular flexibility index (Phi) is 6.77. The zero-order valence-corrected chi connectivity index (χ0v) is 15.7. The summed E-state index contributed by atoms with van der Waals surface area (Å²) in [5.41, 5.74) is 0.920. The van der Waals surface area contributed by atoms with Crippen LogP contribution in [0.1, 0.15) is 31.2 Å². The third-order valence-electron chi connectivity index (χ3n) is 4.01. The molecule has 0 amide bonds. The Hall–Kier alpha value is -1.68. The SMILES string of the molecule is CCCCO[P@@](=O)(c1ccc(N(C)C)cc1)[C@H](O)c1ccccc1F. The highest BCUT2D eigenvalue weighted by atomic mass is 31.2. The summed E-state index contributed by atoms with van der Waals surface area (Å²) in [5, 5.41) is 11.1. The second kappa shape index (κ2) is 8.61. The van der Waals surface area contributed by atoms with Crippen LogP contribution in [0, 0.1) is 5.82 Å². The van der Waals surface area contributed by atoms with E-state index in [4.69, 9.17) is 4.52 Å². The molecule has 0 saturated carbocycles. The fraction of sp³-hybridized carbons (Fsp3) is 0.368. The summed E-state index contributed by atoms with van der Waals surface area (Å²) in [6, 6.07) is 12.8. The van der Waals surface area contributed by atoms with E-state index in [9.17, 15) is 14.1 Å². The smallest absolute Gasteiger partial charge is 0.264 e. The molecular formula is C19H25FNO3P. The third kappa shape index (κ3) is 4.49. The summed E-state index contributed by atoms with van der Waals surface area (Å²) in [6.45, 7) is 2.24. The Morgan fingerprint density at radius 3 is 2.36 bits per heavy atom. The maximum Gasteiger partial charge on any atom is 0.264 e. The Labute approximate surface area is 148 Å². The first-order valence-electron chi connectivity index (χ1n) is 8.35. The Bertz CT molecular complexity index is 734. The molecule has 0 bridgehead atoms. The number of halogens is 1. The van der Waals surface area contributed by atoms with Gasteiger partial charge in [-0.3, -0.25) is 4.57 Å². The number of aliphatic hydroxyl groups is 1. The number of unbranched alkanes of at least 4 members (excludes halogenated alkanes) is 1. The fourth-order valence-electron chi connectivity index (χ4n) is 2.46. The third-order valence-corrected chi connectivity index (χ3v) is 6.52. The summed E-state index contributed by atoms with van der Waals surface area (Å²) >= 11 is 0. The molecule has 2 atom stereocenters. The molecule has 4 nitrogen and oxygen atoms in total. The van der Waals surface area contributed by atoms with Gasteiger partial charge in [0.2, 0.25) is 0 Å². The highest BCUT2D eigenvalue weighted by Gasteiger charge is 2.37. The number of nitrogens with zero attached hydrogens (tertiary/aromatic N) is 1. The molecule has 2 rings (SSSR count). The van der Waals surface area contributed by atoms with E-state index in [2.05, 4.69) is 0 Å². The van der Waals surface area contributed by atoms with Crippen molar-refractivity contribution in [2.75, 3.05) is 25.6 Å². The van der Waals surface area contributed by atoms with Crippen LogP contribution in [0.5, 0.6) is 0 Å². The van der Waals surface area contributed by atoms with E-state index in [1.807, 2.05) is 25.9 Å². The quantitative estimate of drug-likeness (QED) is 0.560. The van der Waals surface area contributed by atoms with Gasteiger partial charge in [-0.25, -0.2) is 4.39 Å². The van der Waals surface area contributed by atoms with Crippen LogP contribution in [0.3, 0.4) is 0 Å². The largest absolute Gasteiger partial charge is 0.378 e. The molecule has 0 radical (unpaired) electrons. The first kappa shape index (κ1) is 19.6. The van der Waals surface area contributed by atoms with Gasteiger partial charge in [-0.2, -0.15) is 0 Å².